The predicted octanol–water partition coefficient (Wildman–Crippen LogP) is 3.46. The van der Waals surface area contributed by atoms with Crippen molar-refractivity contribution in [2.24, 2.45) is 0 Å². The fraction of sp³-hybridized carbons (Fsp3) is 0.100. The van der Waals surface area contributed by atoms with E-state index in [1.165, 1.54) is 5.56 Å². The van der Waals surface area contributed by atoms with Crippen LogP contribution in [0.4, 0.5) is 5.82 Å². The smallest absolute Gasteiger partial charge is 0.135 e. The maximum atomic E-state index is 5.59. The van der Waals surface area contributed by atoms with Crippen LogP contribution in [0, 0.1) is 6.92 Å². The Morgan fingerprint density at radius 2 is 2.21 bits per heavy atom. The zero-order valence-corrected chi connectivity index (χ0v) is 10.0. The molecule has 0 unspecified atom stereocenters. The van der Waals surface area contributed by atoms with Crippen molar-refractivity contribution in [1.29, 1.82) is 0 Å². The Morgan fingerprint density at radius 3 is 2.79 bits per heavy atom. The van der Waals surface area contributed by atoms with Crippen molar-refractivity contribution in [3.63, 3.8) is 0 Å². The standard InChI is InChI=1S/C10H9BrN2S/c1-6-4-7(11)2-3-8(6)10-13-9(12)5-14-10/h2-5H,12H2,1H3. The molecule has 0 saturated heterocycles. The molecule has 0 amide bonds. The van der Waals surface area contributed by atoms with Gasteiger partial charge in [0.15, 0.2) is 0 Å². The first kappa shape index (κ1) is 9.68. The molecule has 2 rings (SSSR count). The molecule has 4 heteroatoms. The molecule has 1 heterocycles. The van der Waals surface area contributed by atoms with Crippen LogP contribution in [0.5, 0.6) is 0 Å². The topological polar surface area (TPSA) is 38.9 Å². The number of thiazole rings is 1. The van der Waals surface area contributed by atoms with E-state index in [0.29, 0.717) is 5.82 Å². The van der Waals surface area contributed by atoms with Crippen LogP contribution in [-0.2, 0) is 0 Å². The van der Waals surface area contributed by atoms with Crippen LogP contribution in [0.1, 0.15) is 5.56 Å². The summed E-state index contributed by atoms with van der Waals surface area (Å²) in [5.41, 5.74) is 7.94. The molecule has 72 valence electrons. The van der Waals surface area contributed by atoms with Gasteiger partial charge in [0.05, 0.1) is 0 Å². The maximum Gasteiger partial charge on any atom is 0.135 e. The summed E-state index contributed by atoms with van der Waals surface area (Å²) in [6.07, 6.45) is 0. The number of rotatable bonds is 1. The number of aromatic nitrogens is 1. The quantitative estimate of drug-likeness (QED) is 0.861. The van der Waals surface area contributed by atoms with E-state index < -0.39 is 0 Å². The Morgan fingerprint density at radius 1 is 1.43 bits per heavy atom. The minimum absolute atomic E-state index is 0.590. The van der Waals surface area contributed by atoms with Crippen LogP contribution >= 0.6 is 27.3 Å². The fourth-order valence-corrected chi connectivity index (χ4v) is 2.55. The highest BCUT2D eigenvalue weighted by molar-refractivity contribution is 9.10. The third-order valence-electron chi connectivity index (χ3n) is 1.94. The first-order valence-corrected chi connectivity index (χ1v) is 5.81. The lowest BCUT2D eigenvalue weighted by Crippen LogP contribution is -1.85. The van der Waals surface area contributed by atoms with Crippen LogP contribution < -0.4 is 5.73 Å². The molecule has 0 aliphatic heterocycles. The minimum Gasteiger partial charge on any atom is -0.383 e. The molecule has 0 fully saturated rings. The summed E-state index contributed by atoms with van der Waals surface area (Å²) in [4.78, 5) is 4.25. The first-order valence-electron chi connectivity index (χ1n) is 4.14. The lowest BCUT2D eigenvalue weighted by atomic mass is 10.1. The van der Waals surface area contributed by atoms with Gasteiger partial charge in [-0.3, -0.25) is 0 Å². The Labute approximate surface area is 94.9 Å². The summed E-state index contributed by atoms with van der Waals surface area (Å²) >= 11 is 5.00. The molecule has 1 aromatic heterocycles. The third-order valence-corrected chi connectivity index (χ3v) is 3.33. The average molecular weight is 269 g/mol. The number of hydrogen-bond acceptors (Lipinski definition) is 3. The lowest BCUT2D eigenvalue weighted by Gasteiger charge is -2.01. The van der Waals surface area contributed by atoms with E-state index >= 15 is 0 Å². The summed E-state index contributed by atoms with van der Waals surface area (Å²) < 4.78 is 1.09. The van der Waals surface area contributed by atoms with Gasteiger partial charge in [0.25, 0.3) is 0 Å². The van der Waals surface area contributed by atoms with Gasteiger partial charge in [0, 0.05) is 15.4 Å². The number of nitrogen functional groups attached to an aromatic ring is 1. The molecule has 14 heavy (non-hydrogen) atoms. The van der Waals surface area contributed by atoms with Crippen LogP contribution in [0.2, 0.25) is 0 Å². The number of benzene rings is 1. The monoisotopic (exact) mass is 268 g/mol. The highest BCUT2D eigenvalue weighted by atomic mass is 79.9. The molecule has 2 nitrogen and oxygen atoms in total. The lowest BCUT2D eigenvalue weighted by molar-refractivity contribution is 1.37. The number of halogens is 1. The van der Waals surface area contributed by atoms with E-state index in [4.69, 9.17) is 5.73 Å². The zero-order valence-electron chi connectivity index (χ0n) is 7.62. The second-order valence-electron chi connectivity index (χ2n) is 3.04. The molecule has 2 N–H and O–H groups in total. The van der Waals surface area contributed by atoms with Crippen molar-refractivity contribution in [3.05, 3.63) is 33.6 Å². The summed E-state index contributed by atoms with van der Waals surface area (Å²) in [5, 5.41) is 2.84. The number of nitrogens with two attached hydrogens (primary N) is 1. The van der Waals surface area contributed by atoms with Gasteiger partial charge in [-0.05, 0) is 24.6 Å². The van der Waals surface area contributed by atoms with E-state index in [0.717, 1.165) is 15.0 Å². The van der Waals surface area contributed by atoms with Crippen LogP contribution in [0.3, 0.4) is 0 Å². The molecule has 0 atom stereocenters. The zero-order chi connectivity index (χ0) is 10.1. The van der Waals surface area contributed by atoms with Crippen LogP contribution in [-0.4, -0.2) is 4.98 Å². The van der Waals surface area contributed by atoms with Gasteiger partial charge in [-0.15, -0.1) is 11.3 Å². The first-order chi connectivity index (χ1) is 6.66. The Bertz CT molecular complexity index is 465. The average Bonchev–Trinajstić information content (AvgIpc) is 2.51. The summed E-state index contributed by atoms with van der Waals surface area (Å²) in [6.45, 7) is 2.07. The normalized spacial score (nSPS) is 10.4. The van der Waals surface area contributed by atoms with Gasteiger partial charge in [-0.1, -0.05) is 22.0 Å². The molecule has 0 aliphatic carbocycles. The highest BCUT2D eigenvalue weighted by Crippen LogP contribution is 2.29. The number of nitrogens with zero attached hydrogens (tertiary/aromatic N) is 1. The predicted molar refractivity (Wildman–Crippen MR) is 64.4 cm³/mol. The maximum absolute atomic E-state index is 5.59. The van der Waals surface area contributed by atoms with Gasteiger partial charge in [0.1, 0.15) is 10.8 Å². The van der Waals surface area contributed by atoms with Gasteiger partial charge < -0.3 is 5.73 Å². The largest absolute Gasteiger partial charge is 0.383 e. The molecule has 1 aromatic carbocycles. The molecule has 0 bridgehead atoms. The van der Waals surface area contributed by atoms with E-state index in [9.17, 15) is 0 Å². The van der Waals surface area contributed by atoms with Crippen molar-refractivity contribution < 1.29 is 0 Å². The molecule has 2 aromatic rings. The number of hydrogen-bond donors (Lipinski definition) is 1. The van der Waals surface area contributed by atoms with Gasteiger partial charge in [0.2, 0.25) is 0 Å². The van der Waals surface area contributed by atoms with E-state index in [1.54, 1.807) is 11.3 Å². The van der Waals surface area contributed by atoms with Crippen LogP contribution in [0.15, 0.2) is 28.1 Å². The van der Waals surface area contributed by atoms with E-state index in [2.05, 4.69) is 40.0 Å². The summed E-state index contributed by atoms with van der Waals surface area (Å²) in [5.74, 6) is 0.590. The van der Waals surface area contributed by atoms with Crippen molar-refractivity contribution >= 4 is 33.1 Å². The highest BCUT2D eigenvalue weighted by Gasteiger charge is 2.05. The van der Waals surface area contributed by atoms with Crippen molar-refractivity contribution in [2.45, 2.75) is 6.92 Å². The Balaban J connectivity index is 2.52. The second kappa shape index (κ2) is 3.71. The van der Waals surface area contributed by atoms with Gasteiger partial charge >= 0.3 is 0 Å². The molecular formula is C10H9BrN2S. The summed E-state index contributed by atoms with van der Waals surface area (Å²) in [6, 6.07) is 6.14. The van der Waals surface area contributed by atoms with Crippen molar-refractivity contribution in [1.82, 2.24) is 4.98 Å². The molecule has 0 aliphatic rings. The molecule has 0 radical (unpaired) electrons. The van der Waals surface area contributed by atoms with E-state index in [1.807, 2.05) is 11.4 Å². The van der Waals surface area contributed by atoms with Crippen LogP contribution in [0.25, 0.3) is 10.6 Å². The Hall–Kier alpha value is -0.870. The van der Waals surface area contributed by atoms with Gasteiger partial charge in [-0.2, -0.15) is 0 Å². The van der Waals surface area contributed by atoms with E-state index in [-0.39, 0.29) is 0 Å². The number of anilines is 1. The number of aryl methyl sites for hydroxylation is 1. The molecule has 0 saturated carbocycles. The van der Waals surface area contributed by atoms with Gasteiger partial charge in [-0.25, -0.2) is 4.98 Å². The molecular weight excluding hydrogens is 260 g/mol. The van der Waals surface area contributed by atoms with Crippen molar-refractivity contribution in [3.8, 4) is 10.6 Å². The fourth-order valence-electron chi connectivity index (χ4n) is 1.28. The molecule has 0 spiro atoms. The Kier molecular flexibility index (Phi) is 2.56. The summed E-state index contributed by atoms with van der Waals surface area (Å²) in [7, 11) is 0. The SMILES string of the molecule is Cc1cc(Br)ccc1-c1nc(N)cs1. The third kappa shape index (κ3) is 1.81. The van der Waals surface area contributed by atoms with Crippen molar-refractivity contribution in [2.75, 3.05) is 5.73 Å². The minimum atomic E-state index is 0.590. The second-order valence-corrected chi connectivity index (χ2v) is 4.81.